The number of nitrogen functional groups attached to an aromatic ring is 1. The molecule has 0 saturated heterocycles. The van der Waals surface area contributed by atoms with Crippen LogP contribution in [0.15, 0.2) is 54.6 Å². The molecule has 0 radical (unpaired) electrons. The second-order valence-electron chi connectivity index (χ2n) is 5.22. The average molecular weight is 278 g/mol. The van der Waals surface area contributed by atoms with E-state index in [9.17, 15) is 0 Å². The number of hydrogen-bond acceptors (Lipinski definition) is 4. The number of hydrogen-bond donors (Lipinski definition) is 2. The highest BCUT2D eigenvalue weighted by Crippen LogP contribution is 2.23. The predicted molar refractivity (Wildman–Crippen MR) is 90.2 cm³/mol. The van der Waals surface area contributed by atoms with E-state index in [1.165, 1.54) is 0 Å². The van der Waals surface area contributed by atoms with Crippen LogP contribution in [0.1, 0.15) is 0 Å². The lowest BCUT2D eigenvalue weighted by Gasteiger charge is -2.14. The Hall–Kier alpha value is -2.75. The predicted octanol–water partition coefficient (Wildman–Crippen LogP) is 3.63. The number of anilines is 4. The van der Waals surface area contributed by atoms with Gasteiger partial charge in [-0.1, -0.05) is 6.07 Å². The molecular formula is C17H18N4. The fraction of sp³-hybridized carbons (Fsp3) is 0.118. The number of fused-ring (bicyclic) bond motifs is 1. The van der Waals surface area contributed by atoms with Gasteiger partial charge in [-0.2, -0.15) is 0 Å². The molecule has 0 aliphatic carbocycles. The Balaban J connectivity index is 1.91. The number of rotatable bonds is 3. The van der Waals surface area contributed by atoms with Crippen molar-refractivity contribution in [1.29, 1.82) is 0 Å². The fourth-order valence-electron chi connectivity index (χ4n) is 2.22. The summed E-state index contributed by atoms with van der Waals surface area (Å²) >= 11 is 0. The third-order valence-electron chi connectivity index (χ3n) is 3.35. The maximum absolute atomic E-state index is 5.78. The molecule has 106 valence electrons. The van der Waals surface area contributed by atoms with Gasteiger partial charge in [-0.25, -0.2) is 4.98 Å². The molecule has 0 saturated carbocycles. The van der Waals surface area contributed by atoms with Gasteiger partial charge >= 0.3 is 0 Å². The van der Waals surface area contributed by atoms with E-state index < -0.39 is 0 Å². The summed E-state index contributed by atoms with van der Waals surface area (Å²) < 4.78 is 0. The van der Waals surface area contributed by atoms with Crippen molar-refractivity contribution in [2.24, 2.45) is 0 Å². The Morgan fingerprint density at radius 2 is 1.86 bits per heavy atom. The Labute approximate surface area is 124 Å². The lowest BCUT2D eigenvalue weighted by atomic mass is 10.2. The zero-order chi connectivity index (χ0) is 14.8. The Morgan fingerprint density at radius 1 is 1.00 bits per heavy atom. The van der Waals surface area contributed by atoms with E-state index in [4.69, 9.17) is 5.73 Å². The number of nitrogens with one attached hydrogen (secondary N) is 1. The maximum Gasteiger partial charge on any atom is 0.131 e. The first-order chi connectivity index (χ1) is 10.1. The van der Waals surface area contributed by atoms with Crippen LogP contribution >= 0.6 is 0 Å². The van der Waals surface area contributed by atoms with E-state index in [0.29, 0.717) is 0 Å². The van der Waals surface area contributed by atoms with Gasteiger partial charge in [0.25, 0.3) is 0 Å². The van der Waals surface area contributed by atoms with E-state index in [1.807, 2.05) is 56.6 Å². The molecule has 4 nitrogen and oxygen atoms in total. The van der Waals surface area contributed by atoms with Crippen LogP contribution in [-0.2, 0) is 0 Å². The number of aromatic nitrogens is 1. The van der Waals surface area contributed by atoms with Gasteiger partial charge < -0.3 is 16.0 Å². The van der Waals surface area contributed by atoms with Crippen molar-refractivity contribution >= 4 is 33.8 Å². The van der Waals surface area contributed by atoms with E-state index in [0.717, 1.165) is 33.8 Å². The molecule has 1 aromatic heterocycles. The van der Waals surface area contributed by atoms with Crippen LogP contribution in [0.5, 0.6) is 0 Å². The monoisotopic (exact) mass is 278 g/mol. The van der Waals surface area contributed by atoms with Gasteiger partial charge in [0, 0.05) is 36.5 Å². The zero-order valence-corrected chi connectivity index (χ0v) is 12.2. The second kappa shape index (κ2) is 5.32. The van der Waals surface area contributed by atoms with Crippen molar-refractivity contribution in [1.82, 2.24) is 4.98 Å². The minimum atomic E-state index is 0.753. The van der Waals surface area contributed by atoms with Crippen LogP contribution in [0.4, 0.5) is 22.9 Å². The van der Waals surface area contributed by atoms with Crippen molar-refractivity contribution in [2.45, 2.75) is 0 Å². The highest BCUT2D eigenvalue weighted by molar-refractivity contribution is 5.83. The Morgan fingerprint density at radius 3 is 2.67 bits per heavy atom. The molecular weight excluding hydrogens is 260 g/mol. The number of nitrogens with zero attached hydrogens (tertiary/aromatic N) is 2. The summed E-state index contributed by atoms with van der Waals surface area (Å²) in [5.74, 6) is 0.822. The van der Waals surface area contributed by atoms with Gasteiger partial charge in [0.05, 0.1) is 5.52 Å². The van der Waals surface area contributed by atoms with Crippen LogP contribution in [0.3, 0.4) is 0 Å². The molecule has 0 unspecified atom stereocenters. The lowest BCUT2D eigenvalue weighted by molar-refractivity contribution is 1.13. The molecule has 4 heteroatoms. The molecule has 0 aliphatic rings. The lowest BCUT2D eigenvalue weighted by Crippen LogP contribution is -2.08. The largest absolute Gasteiger partial charge is 0.399 e. The van der Waals surface area contributed by atoms with Gasteiger partial charge in [0.2, 0.25) is 0 Å². The molecule has 3 rings (SSSR count). The Kier molecular flexibility index (Phi) is 3.36. The topological polar surface area (TPSA) is 54.2 Å². The average Bonchev–Trinajstić information content (AvgIpc) is 2.48. The van der Waals surface area contributed by atoms with Crippen molar-refractivity contribution in [3.8, 4) is 0 Å². The first-order valence-corrected chi connectivity index (χ1v) is 6.82. The molecule has 21 heavy (non-hydrogen) atoms. The van der Waals surface area contributed by atoms with E-state index in [2.05, 4.69) is 27.3 Å². The van der Waals surface area contributed by atoms with Crippen LogP contribution in [0.2, 0.25) is 0 Å². The fourth-order valence-corrected chi connectivity index (χ4v) is 2.22. The summed E-state index contributed by atoms with van der Waals surface area (Å²) in [6.07, 6.45) is 0. The van der Waals surface area contributed by atoms with Gasteiger partial charge in [-0.3, -0.25) is 0 Å². The quantitative estimate of drug-likeness (QED) is 0.718. The van der Waals surface area contributed by atoms with Crippen molar-refractivity contribution < 1.29 is 0 Å². The third kappa shape index (κ3) is 2.89. The molecule has 0 atom stereocenters. The molecule has 1 heterocycles. The number of nitrogens with two attached hydrogens (primary N) is 1. The molecule has 0 aliphatic heterocycles. The summed E-state index contributed by atoms with van der Waals surface area (Å²) in [5, 5.41) is 4.38. The molecule has 0 spiro atoms. The molecule has 0 fully saturated rings. The highest BCUT2D eigenvalue weighted by Gasteiger charge is 2.01. The van der Waals surface area contributed by atoms with Crippen LogP contribution in [0, 0.1) is 0 Å². The third-order valence-corrected chi connectivity index (χ3v) is 3.35. The minimum Gasteiger partial charge on any atom is -0.399 e. The Bertz CT molecular complexity index is 781. The van der Waals surface area contributed by atoms with Crippen molar-refractivity contribution in [3.05, 3.63) is 54.6 Å². The molecule has 3 aromatic rings. The SMILES string of the molecule is CN(C)c1cccc(Nc2ccc3cc(N)ccc3n2)c1. The summed E-state index contributed by atoms with van der Waals surface area (Å²) in [6.45, 7) is 0. The van der Waals surface area contributed by atoms with Gasteiger partial charge in [-0.15, -0.1) is 0 Å². The van der Waals surface area contributed by atoms with Gasteiger partial charge in [0.15, 0.2) is 0 Å². The first-order valence-electron chi connectivity index (χ1n) is 6.82. The van der Waals surface area contributed by atoms with Crippen LogP contribution in [-0.4, -0.2) is 19.1 Å². The van der Waals surface area contributed by atoms with Crippen molar-refractivity contribution in [3.63, 3.8) is 0 Å². The summed E-state index contributed by atoms with van der Waals surface area (Å²) in [6, 6.07) is 17.9. The second-order valence-corrected chi connectivity index (χ2v) is 5.22. The van der Waals surface area contributed by atoms with Gasteiger partial charge in [0.1, 0.15) is 5.82 Å². The normalized spacial score (nSPS) is 10.6. The maximum atomic E-state index is 5.78. The summed E-state index contributed by atoms with van der Waals surface area (Å²) in [5.41, 5.74) is 9.63. The molecule has 2 aromatic carbocycles. The van der Waals surface area contributed by atoms with E-state index in [-0.39, 0.29) is 0 Å². The van der Waals surface area contributed by atoms with E-state index in [1.54, 1.807) is 0 Å². The first kappa shape index (κ1) is 13.2. The summed E-state index contributed by atoms with van der Waals surface area (Å²) in [4.78, 5) is 6.68. The highest BCUT2D eigenvalue weighted by atomic mass is 15.1. The molecule has 0 amide bonds. The van der Waals surface area contributed by atoms with Crippen molar-refractivity contribution in [2.75, 3.05) is 30.0 Å². The van der Waals surface area contributed by atoms with E-state index >= 15 is 0 Å². The minimum absolute atomic E-state index is 0.753. The van der Waals surface area contributed by atoms with Crippen LogP contribution in [0.25, 0.3) is 10.9 Å². The van der Waals surface area contributed by atoms with Gasteiger partial charge in [-0.05, 0) is 48.5 Å². The summed E-state index contributed by atoms with van der Waals surface area (Å²) in [7, 11) is 4.05. The molecule has 3 N–H and O–H groups in total. The molecule has 0 bridgehead atoms. The number of benzene rings is 2. The standard InChI is InChI=1S/C17H18N4/c1-21(2)15-5-3-4-14(11-15)19-17-9-6-12-10-13(18)7-8-16(12)20-17/h3-11H,18H2,1-2H3,(H,19,20). The smallest absolute Gasteiger partial charge is 0.131 e. The van der Waals surface area contributed by atoms with Crippen LogP contribution < -0.4 is 16.0 Å². The number of pyridine rings is 1. The zero-order valence-electron chi connectivity index (χ0n) is 12.2.